The third-order valence-corrected chi connectivity index (χ3v) is 3.04. The first kappa shape index (κ1) is 14.2. The molecule has 1 rings (SSSR count). The Labute approximate surface area is 105 Å². The molecule has 1 unspecified atom stereocenters. The molecule has 0 radical (unpaired) electrons. The van der Waals surface area contributed by atoms with Crippen molar-refractivity contribution in [1.82, 2.24) is 0 Å². The second-order valence-electron chi connectivity index (χ2n) is 5.33. The lowest BCUT2D eigenvalue weighted by molar-refractivity contribution is 0.107. The van der Waals surface area contributed by atoms with Gasteiger partial charge >= 0.3 is 0 Å². The summed E-state index contributed by atoms with van der Waals surface area (Å²) in [4.78, 5) is 0. The van der Waals surface area contributed by atoms with Gasteiger partial charge in [0.05, 0.1) is 0 Å². The Kier molecular flexibility index (Phi) is 5.66. The van der Waals surface area contributed by atoms with Crippen LogP contribution < -0.4 is 5.73 Å². The third-order valence-electron chi connectivity index (χ3n) is 3.04. The molecule has 17 heavy (non-hydrogen) atoms. The molecule has 0 saturated heterocycles. The maximum Gasteiger partial charge on any atom is 0.0486 e. The maximum absolute atomic E-state index is 6.30. The highest BCUT2D eigenvalue weighted by molar-refractivity contribution is 5.22. The molecule has 0 amide bonds. The van der Waals surface area contributed by atoms with Crippen LogP contribution in [-0.2, 0) is 10.3 Å². The average Bonchev–Trinajstić information content (AvgIpc) is 2.29. The summed E-state index contributed by atoms with van der Waals surface area (Å²) < 4.78 is 5.62. The van der Waals surface area contributed by atoms with Gasteiger partial charge in [0, 0.05) is 18.8 Å². The van der Waals surface area contributed by atoms with Gasteiger partial charge in [-0.25, -0.2) is 0 Å². The molecule has 0 fully saturated rings. The van der Waals surface area contributed by atoms with Gasteiger partial charge in [-0.3, -0.25) is 0 Å². The lowest BCUT2D eigenvalue weighted by Crippen LogP contribution is -2.34. The first-order valence-corrected chi connectivity index (χ1v) is 6.44. The van der Waals surface area contributed by atoms with Crippen molar-refractivity contribution in [1.29, 1.82) is 0 Å². The van der Waals surface area contributed by atoms with Crippen molar-refractivity contribution < 1.29 is 4.74 Å². The van der Waals surface area contributed by atoms with Crippen LogP contribution >= 0.6 is 0 Å². The minimum atomic E-state index is -0.293. The summed E-state index contributed by atoms with van der Waals surface area (Å²) in [6.07, 6.45) is 1.97. The summed E-state index contributed by atoms with van der Waals surface area (Å²) >= 11 is 0. The van der Waals surface area contributed by atoms with Crippen molar-refractivity contribution in [3.63, 3.8) is 0 Å². The van der Waals surface area contributed by atoms with Crippen LogP contribution in [0.4, 0.5) is 0 Å². The summed E-state index contributed by atoms with van der Waals surface area (Å²) in [6.45, 7) is 8.05. The lowest BCUT2D eigenvalue weighted by atomic mass is 9.90. The van der Waals surface area contributed by atoms with Crippen LogP contribution in [0.5, 0.6) is 0 Å². The maximum atomic E-state index is 6.30. The summed E-state index contributed by atoms with van der Waals surface area (Å²) in [5, 5.41) is 0. The predicted molar refractivity (Wildman–Crippen MR) is 72.9 cm³/mol. The fraction of sp³-hybridized carbons (Fsp3) is 0.600. The van der Waals surface area contributed by atoms with E-state index in [4.69, 9.17) is 10.5 Å². The zero-order valence-corrected chi connectivity index (χ0v) is 11.3. The zero-order chi connectivity index (χ0) is 12.7. The van der Waals surface area contributed by atoms with E-state index in [1.165, 1.54) is 5.56 Å². The smallest absolute Gasteiger partial charge is 0.0486 e. The molecule has 0 aromatic heterocycles. The van der Waals surface area contributed by atoms with Crippen LogP contribution in [0.1, 0.15) is 39.2 Å². The van der Waals surface area contributed by atoms with Crippen molar-refractivity contribution in [2.75, 3.05) is 13.2 Å². The molecular weight excluding hydrogens is 210 g/mol. The molecular formula is C15H25NO. The van der Waals surface area contributed by atoms with Gasteiger partial charge in [0.25, 0.3) is 0 Å². The molecule has 0 saturated carbocycles. The van der Waals surface area contributed by atoms with Crippen LogP contribution in [0.15, 0.2) is 30.3 Å². The number of ether oxygens (including phenoxy) is 1. The molecule has 0 spiro atoms. The van der Waals surface area contributed by atoms with E-state index in [-0.39, 0.29) is 5.54 Å². The molecule has 0 heterocycles. The van der Waals surface area contributed by atoms with Crippen LogP contribution in [0, 0.1) is 5.92 Å². The molecule has 0 aliphatic carbocycles. The zero-order valence-electron chi connectivity index (χ0n) is 11.3. The Morgan fingerprint density at radius 2 is 1.82 bits per heavy atom. The van der Waals surface area contributed by atoms with Crippen LogP contribution in [0.3, 0.4) is 0 Å². The normalized spacial score (nSPS) is 14.9. The molecule has 96 valence electrons. The van der Waals surface area contributed by atoms with Gasteiger partial charge in [-0.1, -0.05) is 44.2 Å². The van der Waals surface area contributed by atoms with Gasteiger partial charge in [0.15, 0.2) is 0 Å². The van der Waals surface area contributed by atoms with Crippen molar-refractivity contribution in [2.24, 2.45) is 11.7 Å². The molecule has 1 aromatic rings. The van der Waals surface area contributed by atoms with Crippen molar-refractivity contribution in [2.45, 2.75) is 39.2 Å². The molecule has 1 aromatic carbocycles. The number of hydrogen-bond acceptors (Lipinski definition) is 2. The number of benzene rings is 1. The monoisotopic (exact) mass is 235 g/mol. The molecule has 0 aliphatic heterocycles. The summed E-state index contributed by atoms with van der Waals surface area (Å²) in [5.41, 5.74) is 7.18. The second kappa shape index (κ2) is 6.77. The van der Waals surface area contributed by atoms with E-state index in [0.717, 1.165) is 26.1 Å². The quantitative estimate of drug-likeness (QED) is 0.736. The van der Waals surface area contributed by atoms with Crippen LogP contribution in [0.2, 0.25) is 0 Å². The Balaban J connectivity index is 2.30. The van der Waals surface area contributed by atoms with Crippen molar-refractivity contribution in [3.8, 4) is 0 Å². The Hall–Kier alpha value is -0.860. The fourth-order valence-corrected chi connectivity index (χ4v) is 1.67. The SMILES string of the molecule is CC(C)CCOCCC(C)(N)c1ccccc1. The Morgan fingerprint density at radius 3 is 2.41 bits per heavy atom. The van der Waals surface area contributed by atoms with Gasteiger partial charge in [0.2, 0.25) is 0 Å². The van der Waals surface area contributed by atoms with E-state index < -0.39 is 0 Å². The lowest BCUT2D eigenvalue weighted by Gasteiger charge is -2.25. The number of hydrogen-bond donors (Lipinski definition) is 1. The Morgan fingerprint density at radius 1 is 1.18 bits per heavy atom. The first-order valence-electron chi connectivity index (χ1n) is 6.44. The molecule has 2 heteroatoms. The van der Waals surface area contributed by atoms with Crippen LogP contribution in [-0.4, -0.2) is 13.2 Å². The van der Waals surface area contributed by atoms with Gasteiger partial charge < -0.3 is 10.5 Å². The minimum absolute atomic E-state index is 0.293. The highest BCUT2D eigenvalue weighted by Crippen LogP contribution is 2.21. The largest absolute Gasteiger partial charge is 0.381 e. The van der Waals surface area contributed by atoms with Crippen molar-refractivity contribution >= 4 is 0 Å². The van der Waals surface area contributed by atoms with Gasteiger partial charge in [-0.15, -0.1) is 0 Å². The average molecular weight is 235 g/mol. The van der Waals surface area contributed by atoms with E-state index in [1.54, 1.807) is 0 Å². The summed E-state index contributed by atoms with van der Waals surface area (Å²) in [7, 11) is 0. The molecule has 2 nitrogen and oxygen atoms in total. The third kappa shape index (κ3) is 5.33. The van der Waals surface area contributed by atoms with Gasteiger partial charge in [-0.05, 0) is 31.2 Å². The Bertz CT molecular complexity index is 306. The molecule has 0 aliphatic rings. The summed E-state index contributed by atoms with van der Waals surface area (Å²) in [6, 6.07) is 10.2. The number of nitrogens with two attached hydrogens (primary N) is 1. The summed E-state index contributed by atoms with van der Waals surface area (Å²) in [5.74, 6) is 0.702. The van der Waals surface area contributed by atoms with E-state index in [1.807, 2.05) is 18.2 Å². The molecule has 1 atom stereocenters. The topological polar surface area (TPSA) is 35.2 Å². The van der Waals surface area contributed by atoms with E-state index >= 15 is 0 Å². The molecule has 0 bridgehead atoms. The highest BCUT2D eigenvalue weighted by atomic mass is 16.5. The molecule has 2 N–H and O–H groups in total. The van der Waals surface area contributed by atoms with Crippen LogP contribution in [0.25, 0.3) is 0 Å². The van der Waals surface area contributed by atoms with E-state index in [0.29, 0.717) is 5.92 Å². The first-order chi connectivity index (χ1) is 8.02. The second-order valence-corrected chi connectivity index (χ2v) is 5.33. The minimum Gasteiger partial charge on any atom is -0.381 e. The fourth-order valence-electron chi connectivity index (χ4n) is 1.67. The highest BCUT2D eigenvalue weighted by Gasteiger charge is 2.20. The van der Waals surface area contributed by atoms with E-state index in [2.05, 4.69) is 32.9 Å². The van der Waals surface area contributed by atoms with Gasteiger partial charge in [0.1, 0.15) is 0 Å². The van der Waals surface area contributed by atoms with Gasteiger partial charge in [-0.2, -0.15) is 0 Å². The standard InChI is InChI=1S/C15H25NO/c1-13(2)9-11-17-12-10-15(3,16)14-7-5-4-6-8-14/h4-8,13H,9-12,16H2,1-3H3. The van der Waals surface area contributed by atoms with E-state index in [9.17, 15) is 0 Å². The predicted octanol–water partition coefficient (Wildman–Crippen LogP) is 3.31. The number of rotatable bonds is 7. The van der Waals surface area contributed by atoms with Crippen molar-refractivity contribution in [3.05, 3.63) is 35.9 Å².